The summed E-state index contributed by atoms with van der Waals surface area (Å²) in [5.74, 6) is 0.0733. The fourth-order valence-corrected chi connectivity index (χ4v) is 3.96. The number of aromatic amines is 1. The lowest BCUT2D eigenvalue weighted by molar-refractivity contribution is 0.0535. The van der Waals surface area contributed by atoms with E-state index in [9.17, 15) is 9.59 Å². The molecule has 5 nitrogen and oxygen atoms in total. The van der Waals surface area contributed by atoms with Gasteiger partial charge in [0, 0.05) is 53.9 Å². The smallest absolute Gasteiger partial charge is 0.253 e. The molecule has 1 fully saturated rings. The van der Waals surface area contributed by atoms with Crippen LogP contribution in [0.5, 0.6) is 0 Å². The number of hydrogen-bond donors (Lipinski definition) is 1. The quantitative estimate of drug-likeness (QED) is 0.738. The SMILES string of the molecule is CCc1ccc(C(=O)N2CCN(C(=O)c3ccc4[nH]c(C)c(C)c4c3)CC2)cc1. The third-order valence-electron chi connectivity index (χ3n) is 6.02. The van der Waals surface area contributed by atoms with Gasteiger partial charge in [-0.1, -0.05) is 19.1 Å². The molecule has 0 spiro atoms. The number of nitrogens with one attached hydrogen (secondary N) is 1. The first kappa shape index (κ1) is 19.2. The number of aromatic nitrogens is 1. The van der Waals surface area contributed by atoms with Gasteiger partial charge in [0.2, 0.25) is 0 Å². The van der Waals surface area contributed by atoms with Gasteiger partial charge in [0.1, 0.15) is 0 Å². The minimum atomic E-state index is 0.0320. The number of carbonyl (C=O) groups is 2. The number of piperazine rings is 1. The third kappa shape index (κ3) is 3.65. The van der Waals surface area contributed by atoms with Crippen molar-refractivity contribution >= 4 is 22.7 Å². The van der Waals surface area contributed by atoms with Crippen molar-refractivity contribution in [2.24, 2.45) is 0 Å². The van der Waals surface area contributed by atoms with Crippen LogP contribution in [0.1, 0.15) is 44.5 Å². The molecule has 5 heteroatoms. The van der Waals surface area contributed by atoms with Gasteiger partial charge in [-0.2, -0.15) is 0 Å². The van der Waals surface area contributed by atoms with Crippen molar-refractivity contribution in [3.63, 3.8) is 0 Å². The Hall–Kier alpha value is -3.08. The second-order valence-corrected chi connectivity index (χ2v) is 7.77. The number of benzene rings is 2. The molecule has 1 N–H and O–H groups in total. The van der Waals surface area contributed by atoms with Gasteiger partial charge in [0.05, 0.1) is 0 Å². The van der Waals surface area contributed by atoms with E-state index >= 15 is 0 Å². The van der Waals surface area contributed by atoms with E-state index in [1.54, 1.807) is 0 Å². The van der Waals surface area contributed by atoms with Gasteiger partial charge in [-0.05, 0) is 61.7 Å². The molecule has 2 heterocycles. The number of amides is 2. The summed E-state index contributed by atoms with van der Waals surface area (Å²) < 4.78 is 0. The highest BCUT2D eigenvalue weighted by atomic mass is 16.2. The summed E-state index contributed by atoms with van der Waals surface area (Å²) in [5, 5.41) is 1.10. The molecule has 1 aromatic heterocycles. The van der Waals surface area contributed by atoms with Crippen LogP contribution in [-0.2, 0) is 6.42 Å². The number of rotatable bonds is 3. The maximum atomic E-state index is 13.0. The highest BCUT2D eigenvalue weighted by Crippen LogP contribution is 2.23. The monoisotopic (exact) mass is 389 g/mol. The van der Waals surface area contributed by atoms with Crippen LogP contribution < -0.4 is 0 Å². The molecule has 0 aliphatic carbocycles. The van der Waals surface area contributed by atoms with Crippen LogP contribution in [0.15, 0.2) is 42.5 Å². The molecule has 0 saturated carbocycles. The van der Waals surface area contributed by atoms with E-state index in [0.717, 1.165) is 23.0 Å². The Morgan fingerprint density at radius 1 is 0.862 bits per heavy atom. The van der Waals surface area contributed by atoms with Crippen molar-refractivity contribution in [1.29, 1.82) is 0 Å². The van der Waals surface area contributed by atoms with E-state index < -0.39 is 0 Å². The predicted molar refractivity (Wildman–Crippen MR) is 115 cm³/mol. The zero-order chi connectivity index (χ0) is 20.5. The van der Waals surface area contributed by atoms with E-state index in [0.29, 0.717) is 37.3 Å². The Bertz CT molecular complexity index is 1060. The molecule has 1 aliphatic heterocycles. The van der Waals surface area contributed by atoms with Crippen LogP contribution in [0.3, 0.4) is 0 Å². The predicted octanol–water partition coefficient (Wildman–Crippen LogP) is 3.95. The molecule has 1 saturated heterocycles. The fourth-order valence-electron chi connectivity index (χ4n) is 3.96. The summed E-state index contributed by atoms with van der Waals surface area (Å²) in [7, 11) is 0. The third-order valence-corrected chi connectivity index (χ3v) is 6.02. The molecule has 150 valence electrons. The van der Waals surface area contributed by atoms with E-state index in [-0.39, 0.29) is 11.8 Å². The molecule has 1 aliphatic rings. The standard InChI is InChI=1S/C24H27N3O2/c1-4-18-5-7-19(8-6-18)23(28)26-11-13-27(14-12-26)24(29)20-9-10-22-21(15-20)16(2)17(3)25-22/h5-10,15,25H,4,11-14H2,1-3H3. The zero-order valence-corrected chi connectivity index (χ0v) is 17.3. The van der Waals surface area contributed by atoms with E-state index in [1.165, 1.54) is 11.1 Å². The van der Waals surface area contributed by atoms with E-state index in [4.69, 9.17) is 0 Å². The maximum absolute atomic E-state index is 13.0. The average molecular weight is 389 g/mol. The summed E-state index contributed by atoms with van der Waals surface area (Å²) in [6, 6.07) is 13.6. The largest absolute Gasteiger partial charge is 0.358 e. The molecule has 0 radical (unpaired) electrons. The van der Waals surface area contributed by atoms with E-state index in [1.807, 2.05) is 59.2 Å². The van der Waals surface area contributed by atoms with Crippen molar-refractivity contribution < 1.29 is 9.59 Å². The molecule has 0 bridgehead atoms. The number of carbonyl (C=O) groups excluding carboxylic acids is 2. The van der Waals surface area contributed by atoms with Crippen molar-refractivity contribution in [3.05, 3.63) is 70.4 Å². The van der Waals surface area contributed by atoms with Crippen LogP contribution in [0.25, 0.3) is 10.9 Å². The lowest BCUT2D eigenvalue weighted by atomic mass is 10.1. The Kier molecular flexibility index (Phi) is 5.14. The van der Waals surface area contributed by atoms with Gasteiger partial charge >= 0.3 is 0 Å². The van der Waals surface area contributed by atoms with Crippen LogP contribution in [0.4, 0.5) is 0 Å². The lowest BCUT2D eigenvalue weighted by Gasteiger charge is -2.35. The summed E-state index contributed by atoms with van der Waals surface area (Å²) in [6.45, 7) is 8.45. The van der Waals surface area contributed by atoms with Crippen molar-refractivity contribution in [2.45, 2.75) is 27.2 Å². The number of aryl methyl sites for hydroxylation is 3. The molecule has 0 atom stereocenters. The fraction of sp³-hybridized carbons (Fsp3) is 0.333. The van der Waals surface area contributed by atoms with Crippen LogP contribution >= 0.6 is 0 Å². The molecule has 2 aromatic carbocycles. The number of hydrogen-bond acceptors (Lipinski definition) is 2. The van der Waals surface area contributed by atoms with Gasteiger partial charge in [0.15, 0.2) is 0 Å². The van der Waals surface area contributed by atoms with Gasteiger partial charge < -0.3 is 14.8 Å². The molecule has 0 unspecified atom stereocenters. The highest BCUT2D eigenvalue weighted by molar-refractivity contribution is 5.99. The van der Waals surface area contributed by atoms with Crippen LogP contribution in [0, 0.1) is 13.8 Å². The van der Waals surface area contributed by atoms with Crippen molar-refractivity contribution in [2.75, 3.05) is 26.2 Å². The van der Waals surface area contributed by atoms with Gasteiger partial charge in [-0.3, -0.25) is 9.59 Å². The van der Waals surface area contributed by atoms with Crippen molar-refractivity contribution in [3.8, 4) is 0 Å². The Balaban J connectivity index is 1.43. The summed E-state index contributed by atoms with van der Waals surface area (Å²) in [4.78, 5) is 32.8. The average Bonchev–Trinajstić information content (AvgIpc) is 3.06. The summed E-state index contributed by atoms with van der Waals surface area (Å²) >= 11 is 0. The molecule has 2 amide bonds. The molecular weight excluding hydrogens is 362 g/mol. The zero-order valence-electron chi connectivity index (χ0n) is 17.3. The van der Waals surface area contributed by atoms with Gasteiger partial charge in [-0.25, -0.2) is 0 Å². The summed E-state index contributed by atoms with van der Waals surface area (Å²) in [6.07, 6.45) is 0.961. The van der Waals surface area contributed by atoms with E-state index in [2.05, 4.69) is 18.8 Å². The number of fused-ring (bicyclic) bond motifs is 1. The Morgan fingerprint density at radius 3 is 2.00 bits per heavy atom. The number of nitrogens with zero attached hydrogens (tertiary/aromatic N) is 2. The highest BCUT2D eigenvalue weighted by Gasteiger charge is 2.25. The molecular formula is C24H27N3O2. The Labute approximate surface area is 171 Å². The van der Waals surface area contributed by atoms with Crippen LogP contribution in [0.2, 0.25) is 0 Å². The normalized spacial score (nSPS) is 14.4. The Morgan fingerprint density at radius 2 is 1.41 bits per heavy atom. The number of H-pyrrole nitrogens is 1. The topological polar surface area (TPSA) is 56.4 Å². The van der Waals surface area contributed by atoms with Gasteiger partial charge in [-0.15, -0.1) is 0 Å². The first-order valence-electron chi connectivity index (χ1n) is 10.2. The first-order valence-corrected chi connectivity index (χ1v) is 10.2. The minimum Gasteiger partial charge on any atom is -0.358 e. The lowest BCUT2D eigenvalue weighted by Crippen LogP contribution is -2.50. The van der Waals surface area contributed by atoms with Gasteiger partial charge in [0.25, 0.3) is 11.8 Å². The second kappa shape index (κ2) is 7.74. The minimum absolute atomic E-state index is 0.0320. The maximum Gasteiger partial charge on any atom is 0.253 e. The summed E-state index contributed by atoms with van der Waals surface area (Å²) in [5.41, 5.74) is 6.01. The molecule has 3 aromatic rings. The molecule has 29 heavy (non-hydrogen) atoms. The second-order valence-electron chi connectivity index (χ2n) is 7.77. The van der Waals surface area contributed by atoms with Crippen LogP contribution in [-0.4, -0.2) is 52.8 Å². The first-order chi connectivity index (χ1) is 14.0. The van der Waals surface area contributed by atoms with Crippen molar-refractivity contribution in [1.82, 2.24) is 14.8 Å². The molecule has 4 rings (SSSR count).